The average Bonchev–Trinajstić information content (AvgIpc) is 3.01. The maximum absolute atomic E-state index is 12.3. The number of nitrogens with one attached hydrogen (secondary N) is 1. The summed E-state index contributed by atoms with van der Waals surface area (Å²) < 4.78 is 33.1. The predicted octanol–water partition coefficient (Wildman–Crippen LogP) is 0.820. The first-order valence-electron chi connectivity index (χ1n) is 6.96. The van der Waals surface area contributed by atoms with Gasteiger partial charge in [0.15, 0.2) is 0 Å². The Morgan fingerprint density at radius 3 is 2.55 bits per heavy atom. The molecule has 2 N–H and O–H groups in total. The van der Waals surface area contributed by atoms with E-state index in [1.807, 2.05) is 0 Å². The van der Waals surface area contributed by atoms with Crippen molar-refractivity contribution in [3.05, 3.63) is 29.8 Å². The van der Waals surface area contributed by atoms with E-state index in [1.165, 1.54) is 0 Å². The number of fused-ring (bicyclic) bond motifs is 2. The molecule has 2 aliphatic rings. The van der Waals surface area contributed by atoms with E-state index in [-0.39, 0.29) is 29.8 Å². The third-order valence-electron chi connectivity index (χ3n) is 4.05. The molecule has 3 rings (SSSR count). The van der Waals surface area contributed by atoms with Gasteiger partial charge in [-0.2, -0.15) is 0 Å². The molecule has 0 amide bonds. The van der Waals surface area contributed by atoms with Crippen LogP contribution in [-0.2, 0) is 21.2 Å². The van der Waals surface area contributed by atoms with Crippen LogP contribution in [0.3, 0.4) is 0 Å². The SMILES string of the molecule is O=S(=O)(NC1CC2CCC1O2)c1ccc(CCO)cc1. The highest BCUT2D eigenvalue weighted by Gasteiger charge is 2.42. The Morgan fingerprint density at radius 2 is 2.00 bits per heavy atom. The van der Waals surface area contributed by atoms with Gasteiger partial charge in [0.2, 0.25) is 10.0 Å². The number of benzene rings is 1. The highest BCUT2D eigenvalue weighted by atomic mass is 32.2. The van der Waals surface area contributed by atoms with E-state index in [2.05, 4.69) is 4.72 Å². The van der Waals surface area contributed by atoms with Crippen LogP contribution in [0.15, 0.2) is 29.2 Å². The Morgan fingerprint density at radius 1 is 1.25 bits per heavy atom. The number of hydrogen-bond acceptors (Lipinski definition) is 4. The topological polar surface area (TPSA) is 75.6 Å². The summed E-state index contributed by atoms with van der Waals surface area (Å²) in [4.78, 5) is 0.266. The van der Waals surface area contributed by atoms with E-state index < -0.39 is 10.0 Å². The van der Waals surface area contributed by atoms with Gasteiger partial charge >= 0.3 is 0 Å². The molecule has 3 unspecified atom stereocenters. The van der Waals surface area contributed by atoms with Gasteiger partial charge in [-0.3, -0.25) is 0 Å². The Labute approximate surface area is 119 Å². The molecule has 2 heterocycles. The first-order valence-corrected chi connectivity index (χ1v) is 8.44. The Bertz CT molecular complexity index is 569. The van der Waals surface area contributed by atoms with Crippen molar-refractivity contribution in [3.63, 3.8) is 0 Å². The Kier molecular flexibility index (Phi) is 3.81. The fourth-order valence-electron chi connectivity index (χ4n) is 2.99. The predicted molar refractivity (Wildman–Crippen MR) is 73.9 cm³/mol. The molecule has 0 aliphatic carbocycles. The van der Waals surface area contributed by atoms with Crippen LogP contribution in [0.25, 0.3) is 0 Å². The van der Waals surface area contributed by atoms with Gasteiger partial charge in [0.25, 0.3) is 0 Å². The molecule has 2 aliphatic heterocycles. The van der Waals surface area contributed by atoms with Crippen LogP contribution in [0.4, 0.5) is 0 Å². The summed E-state index contributed by atoms with van der Waals surface area (Å²) in [7, 11) is -3.49. The molecule has 20 heavy (non-hydrogen) atoms. The van der Waals surface area contributed by atoms with Gasteiger partial charge in [0, 0.05) is 6.61 Å². The van der Waals surface area contributed by atoms with Crippen LogP contribution >= 0.6 is 0 Å². The van der Waals surface area contributed by atoms with E-state index in [9.17, 15) is 8.42 Å². The lowest BCUT2D eigenvalue weighted by atomic mass is 9.96. The van der Waals surface area contributed by atoms with E-state index >= 15 is 0 Å². The molecule has 2 fully saturated rings. The number of aliphatic hydroxyl groups excluding tert-OH is 1. The van der Waals surface area contributed by atoms with Gasteiger partial charge in [0.1, 0.15) is 0 Å². The van der Waals surface area contributed by atoms with Crippen LogP contribution < -0.4 is 4.72 Å². The summed E-state index contributed by atoms with van der Waals surface area (Å²) in [5.74, 6) is 0. The molecular formula is C14H19NO4S. The maximum atomic E-state index is 12.3. The zero-order valence-corrected chi connectivity index (χ0v) is 12.0. The summed E-state index contributed by atoms with van der Waals surface area (Å²) in [5.41, 5.74) is 0.926. The van der Waals surface area contributed by atoms with Crippen LogP contribution in [0.1, 0.15) is 24.8 Å². The van der Waals surface area contributed by atoms with Crippen molar-refractivity contribution in [3.8, 4) is 0 Å². The van der Waals surface area contributed by atoms with Gasteiger partial charge in [-0.25, -0.2) is 13.1 Å². The highest BCUT2D eigenvalue weighted by molar-refractivity contribution is 7.89. The lowest BCUT2D eigenvalue weighted by Crippen LogP contribution is -2.41. The van der Waals surface area contributed by atoms with Gasteiger partial charge < -0.3 is 9.84 Å². The van der Waals surface area contributed by atoms with Crippen LogP contribution in [-0.4, -0.2) is 38.4 Å². The zero-order chi connectivity index (χ0) is 14.2. The first kappa shape index (κ1) is 14.0. The number of hydrogen-bond donors (Lipinski definition) is 2. The van der Waals surface area contributed by atoms with Crippen molar-refractivity contribution in [1.29, 1.82) is 0 Å². The van der Waals surface area contributed by atoms with E-state index in [4.69, 9.17) is 9.84 Å². The second-order valence-corrected chi connectivity index (χ2v) is 7.17. The second kappa shape index (κ2) is 5.44. The molecule has 2 bridgehead atoms. The van der Waals surface area contributed by atoms with Gasteiger partial charge in [-0.15, -0.1) is 0 Å². The minimum Gasteiger partial charge on any atom is -0.396 e. The van der Waals surface area contributed by atoms with Crippen LogP contribution in [0, 0.1) is 0 Å². The summed E-state index contributed by atoms with van der Waals surface area (Å²) in [5, 5.41) is 8.85. The third kappa shape index (κ3) is 2.74. The van der Waals surface area contributed by atoms with Crippen molar-refractivity contribution in [2.45, 2.75) is 48.8 Å². The summed E-state index contributed by atoms with van der Waals surface area (Å²) >= 11 is 0. The highest BCUT2D eigenvalue weighted by Crippen LogP contribution is 2.35. The monoisotopic (exact) mass is 297 g/mol. The van der Waals surface area contributed by atoms with Crippen molar-refractivity contribution in [2.24, 2.45) is 0 Å². The van der Waals surface area contributed by atoms with Gasteiger partial charge in [0.05, 0.1) is 23.1 Å². The van der Waals surface area contributed by atoms with Crippen molar-refractivity contribution < 1.29 is 18.3 Å². The Hall–Kier alpha value is -0.950. The third-order valence-corrected chi connectivity index (χ3v) is 5.55. The molecule has 1 aromatic rings. The van der Waals surface area contributed by atoms with Crippen LogP contribution in [0.2, 0.25) is 0 Å². The molecule has 2 saturated heterocycles. The molecule has 0 aromatic heterocycles. The van der Waals surface area contributed by atoms with E-state index in [0.717, 1.165) is 24.8 Å². The van der Waals surface area contributed by atoms with Crippen molar-refractivity contribution in [2.75, 3.05) is 6.61 Å². The maximum Gasteiger partial charge on any atom is 0.240 e. The minimum atomic E-state index is -3.49. The fraction of sp³-hybridized carbons (Fsp3) is 0.571. The molecule has 110 valence electrons. The largest absolute Gasteiger partial charge is 0.396 e. The number of rotatable bonds is 5. The normalized spacial score (nSPS) is 28.9. The van der Waals surface area contributed by atoms with Crippen molar-refractivity contribution >= 4 is 10.0 Å². The molecular weight excluding hydrogens is 278 g/mol. The molecule has 6 heteroatoms. The summed E-state index contributed by atoms with van der Waals surface area (Å²) in [6.07, 6.45) is 3.54. The average molecular weight is 297 g/mol. The summed E-state index contributed by atoms with van der Waals surface area (Å²) in [6, 6.07) is 6.54. The van der Waals surface area contributed by atoms with E-state index in [0.29, 0.717) is 6.42 Å². The Balaban J connectivity index is 1.71. The lowest BCUT2D eigenvalue weighted by Gasteiger charge is -2.20. The lowest BCUT2D eigenvalue weighted by molar-refractivity contribution is 0.0996. The standard InChI is InChI=1S/C14H19NO4S/c16-8-7-10-1-4-12(5-2-10)20(17,18)15-13-9-11-3-6-14(13)19-11/h1-2,4-5,11,13-16H,3,6-9H2. The van der Waals surface area contributed by atoms with E-state index in [1.54, 1.807) is 24.3 Å². The number of ether oxygens (including phenoxy) is 1. The molecule has 0 radical (unpaired) electrons. The van der Waals surface area contributed by atoms with Gasteiger partial charge in [-0.05, 0) is 43.4 Å². The minimum absolute atomic E-state index is 0.0310. The molecule has 1 aromatic carbocycles. The zero-order valence-electron chi connectivity index (χ0n) is 11.2. The molecule has 3 atom stereocenters. The number of sulfonamides is 1. The molecule has 5 nitrogen and oxygen atoms in total. The molecule has 0 saturated carbocycles. The quantitative estimate of drug-likeness (QED) is 0.844. The second-order valence-electron chi connectivity index (χ2n) is 5.45. The molecule has 0 spiro atoms. The first-order chi connectivity index (χ1) is 9.58. The van der Waals surface area contributed by atoms with Crippen LogP contribution in [0.5, 0.6) is 0 Å². The smallest absolute Gasteiger partial charge is 0.240 e. The van der Waals surface area contributed by atoms with Gasteiger partial charge in [-0.1, -0.05) is 12.1 Å². The fourth-order valence-corrected chi connectivity index (χ4v) is 4.27. The van der Waals surface area contributed by atoms with Crippen molar-refractivity contribution in [1.82, 2.24) is 4.72 Å². The number of aliphatic hydroxyl groups is 1. The summed E-state index contributed by atoms with van der Waals surface area (Å²) in [6.45, 7) is 0.0623.